The number of likely N-dealkylation sites (N-methyl/N-ethyl adjacent to an activating group) is 1. The van der Waals surface area contributed by atoms with Crippen molar-refractivity contribution in [2.24, 2.45) is 0 Å². The molecular weight excluding hydrogens is 344 g/mol. The van der Waals surface area contributed by atoms with E-state index in [2.05, 4.69) is 32.8 Å². The van der Waals surface area contributed by atoms with Crippen LogP contribution in [0.4, 0.5) is 5.82 Å². The molecule has 2 aromatic heterocycles. The van der Waals surface area contributed by atoms with Crippen LogP contribution in [0, 0.1) is 6.92 Å². The smallest absolute Gasteiger partial charge is 0.239 e. The Morgan fingerprint density at radius 3 is 2.54 bits per heavy atom. The van der Waals surface area contributed by atoms with Crippen molar-refractivity contribution in [3.05, 3.63) is 41.5 Å². The number of carbonyl (C=O) groups excluding carboxylic acids is 1. The maximum Gasteiger partial charge on any atom is 0.239 e. The van der Waals surface area contributed by atoms with Crippen molar-refractivity contribution in [1.29, 1.82) is 0 Å². The fourth-order valence-electron chi connectivity index (χ4n) is 2.88. The lowest BCUT2D eigenvalue weighted by Crippen LogP contribution is -2.45. The van der Waals surface area contributed by atoms with Gasteiger partial charge in [0.2, 0.25) is 5.91 Å². The Hall–Kier alpha value is -2.47. The molecule has 0 aliphatic rings. The van der Waals surface area contributed by atoms with Gasteiger partial charge in [0.15, 0.2) is 0 Å². The molecule has 1 amide bonds. The molecule has 2 heterocycles. The highest BCUT2D eigenvalue weighted by Gasteiger charge is 2.20. The first kappa shape index (κ1) is 18.3. The molecule has 0 unspecified atom stereocenters. The second-order valence-electron chi connectivity index (χ2n) is 7.44. The van der Waals surface area contributed by atoms with Crippen molar-refractivity contribution in [2.75, 3.05) is 18.5 Å². The third kappa shape index (κ3) is 4.02. The van der Waals surface area contributed by atoms with Gasteiger partial charge in [-0.2, -0.15) is 0 Å². The third-order valence-electron chi connectivity index (χ3n) is 3.87. The van der Waals surface area contributed by atoms with Crippen molar-refractivity contribution in [1.82, 2.24) is 15.3 Å². The summed E-state index contributed by atoms with van der Waals surface area (Å²) in [5, 5.41) is 6.11. The number of nitrogens with zero attached hydrogens (tertiary/aromatic N) is 3. The van der Waals surface area contributed by atoms with E-state index in [-0.39, 0.29) is 18.0 Å². The summed E-state index contributed by atoms with van der Waals surface area (Å²) in [6.45, 7) is 8.06. The lowest BCUT2D eigenvalue weighted by atomic mass is 10.1. The van der Waals surface area contributed by atoms with Crippen LogP contribution in [0.15, 0.2) is 35.7 Å². The predicted molar refractivity (Wildman–Crippen MR) is 109 cm³/mol. The second-order valence-corrected chi connectivity index (χ2v) is 8.30. The minimum Gasteiger partial charge on any atom is -0.350 e. The molecule has 26 heavy (non-hydrogen) atoms. The Kier molecular flexibility index (Phi) is 4.96. The molecule has 0 fully saturated rings. The quantitative estimate of drug-likeness (QED) is 0.756. The number of rotatable bonds is 4. The highest BCUT2D eigenvalue weighted by atomic mass is 32.1. The average Bonchev–Trinajstić information content (AvgIpc) is 2.96. The number of benzene rings is 1. The summed E-state index contributed by atoms with van der Waals surface area (Å²) in [7, 11) is 1.90. The van der Waals surface area contributed by atoms with Gasteiger partial charge in [-0.05, 0) is 33.3 Å². The average molecular weight is 369 g/mol. The molecule has 3 aromatic rings. The first-order valence-corrected chi connectivity index (χ1v) is 9.46. The molecule has 3 rings (SSSR count). The van der Waals surface area contributed by atoms with Crippen LogP contribution in [0.2, 0.25) is 0 Å². The van der Waals surface area contributed by atoms with Gasteiger partial charge in [0, 0.05) is 23.5 Å². The summed E-state index contributed by atoms with van der Waals surface area (Å²) in [5.74, 6) is 1.47. The number of thiophene rings is 1. The number of fused-ring (bicyclic) bond motifs is 1. The zero-order valence-electron chi connectivity index (χ0n) is 15.8. The summed E-state index contributed by atoms with van der Waals surface area (Å²) in [5.41, 5.74) is 1.97. The molecule has 0 aliphatic carbocycles. The van der Waals surface area contributed by atoms with Gasteiger partial charge in [0.25, 0.3) is 0 Å². The number of anilines is 1. The van der Waals surface area contributed by atoms with Crippen LogP contribution in [-0.2, 0) is 4.79 Å². The van der Waals surface area contributed by atoms with E-state index in [1.54, 1.807) is 11.3 Å². The van der Waals surface area contributed by atoms with Crippen molar-refractivity contribution in [3.63, 3.8) is 0 Å². The van der Waals surface area contributed by atoms with E-state index in [1.165, 1.54) is 0 Å². The van der Waals surface area contributed by atoms with E-state index in [0.717, 1.165) is 27.2 Å². The fourth-order valence-corrected chi connectivity index (χ4v) is 3.87. The van der Waals surface area contributed by atoms with Gasteiger partial charge in [-0.1, -0.05) is 30.3 Å². The van der Waals surface area contributed by atoms with Crippen molar-refractivity contribution >= 4 is 33.3 Å². The van der Waals surface area contributed by atoms with Gasteiger partial charge in [0.1, 0.15) is 16.5 Å². The van der Waals surface area contributed by atoms with Crippen LogP contribution >= 0.6 is 11.3 Å². The molecule has 0 aliphatic heterocycles. The van der Waals surface area contributed by atoms with Crippen LogP contribution in [0.3, 0.4) is 0 Å². The van der Waals surface area contributed by atoms with Gasteiger partial charge in [-0.15, -0.1) is 11.3 Å². The summed E-state index contributed by atoms with van der Waals surface area (Å²) >= 11 is 1.61. The lowest BCUT2D eigenvalue weighted by molar-refractivity contribution is -0.121. The second kappa shape index (κ2) is 7.03. The molecule has 0 radical (unpaired) electrons. The summed E-state index contributed by atoms with van der Waals surface area (Å²) in [4.78, 5) is 24.4. The van der Waals surface area contributed by atoms with Gasteiger partial charge >= 0.3 is 0 Å². The number of amides is 1. The highest BCUT2D eigenvalue weighted by Crippen LogP contribution is 2.37. The molecule has 136 valence electrons. The molecule has 0 saturated carbocycles. The first-order chi connectivity index (χ1) is 12.2. The summed E-state index contributed by atoms with van der Waals surface area (Å²) < 4.78 is 0. The molecule has 1 N–H and O–H groups in total. The Morgan fingerprint density at radius 1 is 1.19 bits per heavy atom. The molecule has 0 bridgehead atoms. The number of hydrogen-bond donors (Lipinski definition) is 1. The molecule has 6 heteroatoms. The Balaban J connectivity index is 2.02. The zero-order chi connectivity index (χ0) is 18.9. The molecule has 1 aromatic carbocycles. The fraction of sp³-hybridized carbons (Fsp3) is 0.350. The van der Waals surface area contributed by atoms with E-state index in [1.807, 2.05) is 57.8 Å². The molecule has 0 saturated heterocycles. The maximum absolute atomic E-state index is 12.4. The Bertz CT molecular complexity index is 928. The van der Waals surface area contributed by atoms with E-state index in [0.29, 0.717) is 5.82 Å². The van der Waals surface area contributed by atoms with Gasteiger partial charge < -0.3 is 10.2 Å². The Labute approximate surface area is 158 Å². The molecule has 0 atom stereocenters. The minimum absolute atomic E-state index is 0.0269. The summed E-state index contributed by atoms with van der Waals surface area (Å²) in [6, 6.07) is 10.2. The standard InChI is InChI=1S/C20H24N4OS/c1-13-21-18(24(5)11-16(25)23-20(2,3)4)17-15(12-26-19(17)22-13)14-9-7-6-8-10-14/h6-10,12H,11H2,1-5H3,(H,23,25). The number of carbonyl (C=O) groups is 1. The largest absolute Gasteiger partial charge is 0.350 e. The minimum atomic E-state index is -0.258. The van der Waals surface area contributed by atoms with Crippen molar-refractivity contribution in [3.8, 4) is 11.1 Å². The highest BCUT2D eigenvalue weighted by molar-refractivity contribution is 7.17. The SMILES string of the molecule is Cc1nc(N(C)CC(=O)NC(C)(C)C)c2c(-c3ccccc3)csc2n1. The summed E-state index contributed by atoms with van der Waals surface area (Å²) in [6.07, 6.45) is 0. The van der Waals surface area contributed by atoms with Crippen molar-refractivity contribution < 1.29 is 4.79 Å². The normalized spacial score (nSPS) is 11.6. The zero-order valence-corrected chi connectivity index (χ0v) is 16.6. The van der Waals surface area contributed by atoms with E-state index < -0.39 is 0 Å². The van der Waals surface area contributed by atoms with Gasteiger partial charge in [-0.3, -0.25) is 4.79 Å². The predicted octanol–water partition coefficient (Wildman–Crippen LogP) is 4.02. The van der Waals surface area contributed by atoms with Crippen LogP contribution in [0.5, 0.6) is 0 Å². The molecule has 0 spiro atoms. The van der Waals surface area contributed by atoms with Crippen molar-refractivity contribution in [2.45, 2.75) is 33.2 Å². The van der Waals surface area contributed by atoms with E-state index >= 15 is 0 Å². The van der Waals surface area contributed by atoms with E-state index in [4.69, 9.17) is 0 Å². The molecule has 5 nitrogen and oxygen atoms in total. The van der Waals surface area contributed by atoms with Crippen LogP contribution in [0.25, 0.3) is 21.3 Å². The van der Waals surface area contributed by atoms with E-state index in [9.17, 15) is 4.79 Å². The van der Waals surface area contributed by atoms with Crippen LogP contribution in [0.1, 0.15) is 26.6 Å². The van der Waals surface area contributed by atoms with Crippen LogP contribution in [-0.4, -0.2) is 35.0 Å². The monoisotopic (exact) mass is 368 g/mol. The number of aromatic nitrogens is 2. The maximum atomic E-state index is 12.4. The van der Waals surface area contributed by atoms with Gasteiger partial charge in [-0.25, -0.2) is 9.97 Å². The van der Waals surface area contributed by atoms with Gasteiger partial charge in [0.05, 0.1) is 11.9 Å². The first-order valence-electron chi connectivity index (χ1n) is 8.58. The molecular formula is C20H24N4OS. The number of hydrogen-bond acceptors (Lipinski definition) is 5. The van der Waals surface area contributed by atoms with Crippen LogP contribution < -0.4 is 10.2 Å². The lowest BCUT2D eigenvalue weighted by Gasteiger charge is -2.24. The topological polar surface area (TPSA) is 58.1 Å². The number of aryl methyl sites for hydroxylation is 1. The third-order valence-corrected chi connectivity index (χ3v) is 4.74. The number of nitrogens with one attached hydrogen (secondary N) is 1. The Morgan fingerprint density at radius 2 is 1.88 bits per heavy atom.